The maximum absolute atomic E-state index is 9.75. The van der Waals surface area contributed by atoms with Crippen molar-refractivity contribution in [1.29, 1.82) is 0 Å². The number of aryl methyl sites for hydroxylation is 2. The lowest BCUT2D eigenvalue weighted by atomic mass is 10.1. The van der Waals surface area contributed by atoms with E-state index in [-0.39, 0.29) is 13.2 Å². The number of aliphatic hydroxyl groups excluding tert-OH is 2. The smallest absolute Gasteiger partial charge is 0.0721 e. The van der Waals surface area contributed by atoms with Crippen molar-refractivity contribution in [3.63, 3.8) is 0 Å². The summed E-state index contributed by atoms with van der Waals surface area (Å²) >= 11 is 0. The second-order valence-electron chi connectivity index (χ2n) is 10.6. The van der Waals surface area contributed by atoms with Crippen LogP contribution in [0.1, 0.15) is 41.5 Å². The predicted octanol–water partition coefficient (Wildman–Crippen LogP) is 6.79. The van der Waals surface area contributed by atoms with Crippen molar-refractivity contribution < 1.29 is 14.9 Å². The number of rotatable bonds is 2. The molecule has 4 aromatic carbocycles. The van der Waals surface area contributed by atoms with Gasteiger partial charge in [-0.2, -0.15) is 0 Å². The molecular weight excluding hydrogens is 472 g/mol. The fourth-order valence-electron chi connectivity index (χ4n) is 6.26. The minimum Gasteiger partial charge on any atom is -0.392 e. The van der Waals surface area contributed by atoms with Gasteiger partial charge in [0.2, 0.25) is 0 Å². The molecule has 6 heterocycles. The number of nitrogens with zero attached hydrogens (tertiary/aromatic N) is 2. The van der Waals surface area contributed by atoms with Gasteiger partial charge in [-0.1, -0.05) is 24.3 Å². The molecule has 4 aliphatic rings. The van der Waals surface area contributed by atoms with E-state index in [0.717, 1.165) is 54.6 Å². The zero-order chi connectivity index (χ0) is 25.6. The maximum atomic E-state index is 9.75. The SMILES string of the molecule is OCc1ccc2c(c1)c1cc3ccc1n2CCCCCn1c2ccc(CO)cc2c2cc(ccc21)COC3. The van der Waals surface area contributed by atoms with Crippen molar-refractivity contribution in [1.82, 2.24) is 9.13 Å². The third kappa shape index (κ3) is 3.90. The average Bonchev–Trinajstić information content (AvgIpc) is 3.43. The molecule has 6 aromatic rings. The Morgan fingerprint density at radius 2 is 0.947 bits per heavy atom. The van der Waals surface area contributed by atoms with Crippen LogP contribution in [0.25, 0.3) is 43.6 Å². The Hall–Kier alpha value is -3.64. The lowest BCUT2D eigenvalue weighted by Gasteiger charge is -2.11. The molecule has 0 spiro atoms. The molecule has 5 nitrogen and oxygen atoms in total. The molecule has 0 radical (unpaired) electrons. The van der Waals surface area contributed by atoms with E-state index in [1.165, 1.54) is 43.6 Å². The van der Waals surface area contributed by atoms with Crippen molar-refractivity contribution in [3.8, 4) is 0 Å². The fourth-order valence-corrected chi connectivity index (χ4v) is 6.26. The van der Waals surface area contributed by atoms with Gasteiger partial charge in [0.05, 0.1) is 26.4 Å². The molecule has 0 atom stereocenters. The average molecular weight is 505 g/mol. The number of fused-ring (bicyclic) bond motifs is 2. The number of aromatic nitrogens is 2. The van der Waals surface area contributed by atoms with Gasteiger partial charge in [0, 0.05) is 56.7 Å². The zero-order valence-electron chi connectivity index (χ0n) is 21.5. The van der Waals surface area contributed by atoms with Crippen LogP contribution in [0, 0.1) is 0 Å². The van der Waals surface area contributed by atoms with Crippen LogP contribution in [-0.2, 0) is 44.3 Å². The van der Waals surface area contributed by atoms with Crippen LogP contribution in [0.4, 0.5) is 0 Å². The van der Waals surface area contributed by atoms with Crippen molar-refractivity contribution in [2.75, 3.05) is 0 Å². The van der Waals surface area contributed by atoms with Gasteiger partial charge >= 0.3 is 0 Å². The maximum Gasteiger partial charge on any atom is 0.0721 e. The van der Waals surface area contributed by atoms with Gasteiger partial charge in [-0.05, 0) is 90.0 Å². The molecule has 4 aliphatic heterocycles. The van der Waals surface area contributed by atoms with Gasteiger partial charge < -0.3 is 24.1 Å². The quantitative estimate of drug-likeness (QED) is 0.273. The van der Waals surface area contributed by atoms with Crippen molar-refractivity contribution >= 4 is 43.6 Å². The van der Waals surface area contributed by atoms with Crippen LogP contribution in [-0.4, -0.2) is 19.3 Å². The van der Waals surface area contributed by atoms with Gasteiger partial charge in [-0.15, -0.1) is 0 Å². The number of aliphatic hydroxyl groups is 2. The highest BCUT2D eigenvalue weighted by Gasteiger charge is 2.15. The highest BCUT2D eigenvalue weighted by Crippen LogP contribution is 2.33. The number of hydrogen-bond acceptors (Lipinski definition) is 3. The van der Waals surface area contributed by atoms with Gasteiger partial charge in [0.25, 0.3) is 0 Å². The van der Waals surface area contributed by atoms with Crippen molar-refractivity contribution in [3.05, 3.63) is 95.1 Å². The van der Waals surface area contributed by atoms with Gasteiger partial charge in [-0.25, -0.2) is 0 Å². The number of ether oxygens (including phenoxy) is 1. The zero-order valence-corrected chi connectivity index (χ0v) is 21.5. The van der Waals surface area contributed by atoms with E-state index in [0.29, 0.717) is 13.2 Å². The monoisotopic (exact) mass is 504 g/mol. The molecule has 0 fully saturated rings. The molecule has 0 aliphatic carbocycles. The first-order chi connectivity index (χ1) is 18.7. The van der Waals surface area contributed by atoms with E-state index < -0.39 is 0 Å². The van der Waals surface area contributed by atoms with E-state index >= 15 is 0 Å². The summed E-state index contributed by atoms with van der Waals surface area (Å²) < 4.78 is 11.1. The molecule has 0 saturated carbocycles. The minimum atomic E-state index is 0.0486. The fraction of sp³-hybridized carbons (Fsp3) is 0.273. The molecule has 0 unspecified atom stereocenters. The summed E-state index contributed by atoms with van der Waals surface area (Å²) in [6.45, 7) is 3.10. The highest BCUT2D eigenvalue weighted by molar-refractivity contribution is 6.09. The van der Waals surface area contributed by atoms with Crippen LogP contribution < -0.4 is 0 Å². The Morgan fingerprint density at radius 1 is 0.526 bits per heavy atom. The van der Waals surface area contributed by atoms with Gasteiger partial charge in [0.15, 0.2) is 0 Å². The Balaban J connectivity index is 1.31. The topological polar surface area (TPSA) is 59.5 Å². The first-order valence-corrected chi connectivity index (χ1v) is 13.6. The molecule has 8 bridgehead atoms. The molecule has 5 heteroatoms. The summed E-state index contributed by atoms with van der Waals surface area (Å²) in [5.41, 5.74) is 9.12. The van der Waals surface area contributed by atoms with Gasteiger partial charge in [-0.3, -0.25) is 0 Å². The summed E-state index contributed by atoms with van der Waals surface area (Å²) in [5, 5.41) is 24.4. The second-order valence-corrected chi connectivity index (χ2v) is 10.6. The summed E-state index contributed by atoms with van der Waals surface area (Å²) in [6, 6.07) is 26.0. The van der Waals surface area contributed by atoms with E-state index in [2.05, 4.69) is 69.8 Å². The molecule has 192 valence electrons. The van der Waals surface area contributed by atoms with Crippen molar-refractivity contribution in [2.45, 2.75) is 58.8 Å². The molecule has 0 saturated heterocycles. The van der Waals surface area contributed by atoms with Gasteiger partial charge in [0.1, 0.15) is 0 Å². The lowest BCUT2D eigenvalue weighted by molar-refractivity contribution is 0.107. The predicted molar refractivity (Wildman–Crippen MR) is 153 cm³/mol. The molecule has 2 aromatic heterocycles. The summed E-state index contributed by atoms with van der Waals surface area (Å²) in [4.78, 5) is 0. The number of benzene rings is 4. The van der Waals surface area contributed by atoms with E-state index in [9.17, 15) is 10.2 Å². The molecule has 0 amide bonds. The largest absolute Gasteiger partial charge is 0.392 e. The van der Waals surface area contributed by atoms with E-state index in [4.69, 9.17) is 4.74 Å². The summed E-state index contributed by atoms with van der Waals surface area (Å²) in [6.07, 6.45) is 3.33. The standard InChI is InChI=1S/C33H32N2O3/c36-18-22-4-8-30-26(14-22)28-16-24-6-10-32(28)34(30)12-2-1-3-13-35-31-9-5-23(19-37)15-27(31)29-17-25(21-38-20-24)7-11-33(29)35/h4-11,14-17,36-37H,1-3,12-13,18-21H2. The third-order valence-corrected chi connectivity index (χ3v) is 8.15. The van der Waals surface area contributed by atoms with Crippen LogP contribution in [0.15, 0.2) is 72.8 Å². The Morgan fingerprint density at radius 3 is 1.39 bits per heavy atom. The Labute approximate surface area is 221 Å². The van der Waals surface area contributed by atoms with Crippen LogP contribution in [0.3, 0.4) is 0 Å². The minimum absolute atomic E-state index is 0.0486. The normalized spacial score (nSPS) is 15.0. The lowest BCUT2D eigenvalue weighted by Crippen LogP contribution is -2.01. The van der Waals surface area contributed by atoms with E-state index in [1.807, 2.05) is 12.1 Å². The first kappa shape index (κ1) is 23.5. The summed E-state index contributed by atoms with van der Waals surface area (Å²) in [5.74, 6) is 0. The van der Waals surface area contributed by atoms with Crippen LogP contribution >= 0.6 is 0 Å². The van der Waals surface area contributed by atoms with E-state index in [1.54, 1.807) is 0 Å². The number of hydrogen-bond donors (Lipinski definition) is 2. The van der Waals surface area contributed by atoms with Crippen LogP contribution in [0.2, 0.25) is 0 Å². The third-order valence-electron chi connectivity index (χ3n) is 8.15. The summed E-state index contributed by atoms with van der Waals surface area (Å²) in [7, 11) is 0. The van der Waals surface area contributed by atoms with Crippen LogP contribution in [0.5, 0.6) is 0 Å². The Kier molecular flexibility index (Phi) is 5.92. The Bertz CT molecular complexity index is 1680. The molecule has 38 heavy (non-hydrogen) atoms. The molecular formula is C33H32N2O3. The molecule has 2 N–H and O–H groups in total. The first-order valence-electron chi connectivity index (χ1n) is 13.6. The van der Waals surface area contributed by atoms with Crippen molar-refractivity contribution in [2.24, 2.45) is 0 Å². The highest BCUT2D eigenvalue weighted by atomic mass is 16.5. The molecule has 10 rings (SSSR count). The second kappa shape index (κ2) is 9.59.